The van der Waals surface area contributed by atoms with Gasteiger partial charge in [0.1, 0.15) is 5.71 Å². The van der Waals surface area contributed by atoms with Gasteiger partial charge in [-0.3, -0.25) is 9.59 Å². The molecule has 1 unspecified atom stereocenters. The van der Waals surface area contributed by atoms with Gasteiger partial charge < -0.3 is 14.1 Å². The summed E-state index contributed by atoms with van der Waals surface area (Å²) in [6, 6.07) is 28.4. The highest BCUT2D eigenvalue weighted by Crippen LogP contribution is 2.33. The molecule has 0 radical (unpaired) electrons. The van der Waals surface area contributed by atoms with Gasteiger partial charge in [-0.2, -0.15) is 0 Å². The maximum Gasteiger partial charge on any atom is 0.365 e. The second-order valence-electron chi connectivity index (χ2n) is 13.3. The summed E-state index contributed by atoms with van der Waals surface area (Å²) < 4.78 is 7.95. The van der Waals surface area contributed by atoms with Crippen molar-refractivity contribution in [3.63, 3.8) is 0 Å². The SMILES string of the molecule is CCCCC(OC(=O)c1ccccc1)C(=O)c1ccc2c(c1)c1cc(C(=O)C(CC3CCCCC3)=NOC(=O)c3ccccc3)ccc1n2CC. The first-order valence-corrected chi connectivity index (χ1v) is 18.1. The summed E-state index contributed by atoms with van der Waals surface area (Å²) in [5, 5.41) is 5.82. The summed E-state index contributed by atoms with van der Waals surface area (Å²) in [5.41, 5.74) is 3.69. The number of benzene rings is 4. The first-order valence-electron chi connectivity index (χ1n) is 18.1. The van der Waals surface area contributed by atoms with Crippen molar-refractivity contribution in [1.82, 2.24) is 4.57 Å². The van der Waals surface area contributed by atoms with Crippen molar-refractivity contribution in [3.05, 3.63) is 119 Å². The fourth-order valence-electron chi connectivity index (χ4n) is 7.06. The zero-order valence-corrected chi connectivity index (χ0v) is 29.3. The molecule has 1 fully saturated rings. The molecule has 0 N–H and O–H groups in total. The van der Waals surface area contributed by atoms with E-state index in [1.807, 2.05) is 43.3 Å². The number of ketones is 2. The van der Waals surface area contributed by atoms with Gasteiger partial charge in [0.2, 0.25) is 11.6 Å². The van der Waals surface area contributed by atoms with Gasteiger partial charge >= 0.3 is 11.9 Å². The Hall–Kier alpha value is -5.37. The first-order chi connectivity index (χ1) is 24.9. The highest BCUT2D eigenvalue weighted by Gasteiger charge is 2.27. The molecule has 8 heteroatoms. The quantitative estimate of drug-likeness (QED) is 0.0379. The summed E-state index contributed by atoms with van der Waals surface area (Å²) in [5.74, 6) is -1.42. The van der Waals surface area contributed by atoms with E-state index in [1.54, 1.807) is 60.7 Å². The van der Waals surface area contributed by atoms with E-state index < -0.39 is 18.0 Å². The second kappa shape index (κ2) is 16.6. The van der Waals surface area contributed by atoms with Crippen LogP contribution in [0.2, 0.25) is 0 Å². The molecule has 6 rings (SSSR count). The third-order valence-electron chi connectivity index (χ3n) is 9.82. The molecule has 51 heavy (non-hydrogen) atoms. The van der Waals surface area contributed by atoms with Gasteiger partial charge in [-0.05, 0) is 92.8 Å². The number of Topliss-reactive ketones (excluding diaryl/α,β-unsaturated/α-hetero) is 2. The van der Waals surface area contributed by atoms with Crippen molar-refractivity contribution in [2.75, 3.05) is 0 Å². The lowest BCUT2D eigenvalue weighted by atomic mass is 9.84. The van der Waals surface area contributed by atoms with Gasteiger partial charge in [0.05, 0.1) is 11.1 Å². The molecule has 1 aromatic heterocycles. The standard InChI is InChI=1S/C43H44N2O6/c1-3-5-21-39(50-42(48)30-17-11-7-12-18-30)41(47)33-23-25-38-35(28-33)34-27-32(22-24-37(34)45(38)4-2)40(46)36(26-29-15-9-6-10-16-29)44-51-43(49)31-19-13-8-14-20-31/h7-8,11-14,17-20,22-25,27-29,39H,3-6,9-10,15-16,21,26H2,1-2H3. The van der Waals surface area contributed by atoms with Crippen molar-refractivity contribution < 1.29 is 28.8 Å². The van der Waals surface area contributed by atoms with Crippen LogP contribution in [0.15, 0.2) is 102 Å². The minimum absolute atomic E-state index is 0.222. The molecule has 0 saturated heterocycles. The van der Waals surface area contributed by atoms with Crippen molar-refractivity contribution in [1.29, 1.82) is 0 Å². The average molecular weight is 685 g/mol. The molecule has 0 bridgehead atoms. The number of carbonyl (C=O) groups is 4. The molecular formula is C43H44N2O6. The molecule has 1 heterocycles. The number of hydrogen-bond acceptors (Lipinski definition) is 7. The molecule has 1 saturated carbocycles. The number of aromatic nitrogens is 1. The summed E-state index contributed by atoms with van der Waals surface area (Å²) >= 11 is 0. The van der Waals surface area contributed by atoms with Gasteiger partial charge in [-0.25, -0.2) is 9.59 Å². The molecule has 0 aliphatic heterocycles. The van der Waals surface area contributed by atoms with E-state index in [0.717, 1.165) is 60.3 Å². The molecule has 1 aliphatic rings. The van der Waals surface area contributed by atoms with Crippen LogP contribution in [0.3, 0.4) is 0 Å². The average Bonchev–Trinajstić information content (AvgIpc) is 3.50. The Morgan fingerprint density at radius 2 is 1.31 bits per heavy atom. The number of carbonyl (C=O) groups excluding carboxylic acids is 4. The number of hydrogen-bond donors (Lipinski definition) is 0. The van der Waals surface area contributed by atoms with Crippen molar-refractivity contribution >= 4 is 51.0 Å². The summed E-state index contributed by atoms with van der Waals surface area (Å²) in [6.07, 6.45) is 6.87. The van der Waals surface area contributed by atoms with Crippen LogP contribution in [0.4, 0.5) is 0 Å². The van der Waals surface area contributed by atoms with Gasteiger partial charge in [-0.15, -0.1) is 0 Å². The molecular weight excluding hydrogens is 640 g/mol. The van der Waals surface area contributed by atoms with Crippen LogP contribution in [0, 0.1) is 5.92 Å². The van der Waals surface area contributed by atoms with Gasteiger partial charge in [0.25, 0.3) is 0 Å². The smallest absolute Gasteiger partial charge is 0.365 e. The predicted molar refractivity (Wildman–Crippen MR) is 199 cm³/mol. The number of esters is 1. The number of nitrogens with zero attached hydrogens (tertiary/aromatic N) is 2. The normalized spacial score (nSPS) is 14.4. The van der Waals surface area contributed by atoms with E-state index in [4.69, 9.17) is 9.57 Å². The van der Waals surface area contributed by atoms with Gasteiger partial charge in [0.15, 0.2) is 6.10 Å². The Balaban J connectivity index is 1.34. The van der Waals surface area contributed by atoms with Crippen molar-refractivity contribution in [2.24, 2.45) is 11.1 Å². The van der Waals surface area contributed by atoms with E-state index in [2.05, 4.69) is 16.6 Å². The van der Waals surface area contributed by atoms with E-state index >= 15 is 0 Å². The highest BCUT2D eigenvalue weighted by atomic mass is 16.7. The number of aryl methyl sites for hydroxylation is 1. The maximum absolute atomic E-state index is 14.2. The van der Waals surface area contributed by atoms with E-state index in [1.165, 1.54) is 6.42 Å². The Morgan fingerprint density at radius 1 is 0.725 bits per heavy atom. The summed E-state index contributed by atoms with van der Waals surface area (Å²) in [7, 11) is 0. The van der Waals surface area contributed by atoms with Crippen LogP contribution >= 0.6 is 0 Å². The highest BCUT2D eigenvalue weighted by molar-refractivity contribution is 6.46. The lowest BCUT2D eigenvalue weighted by Gasteiger charge is -2.21. The van der Waals surface area contributed by atoms with Crippen LogP contribution in [-0.2, 0) is 16.1 Å². The fraction of sp³-hybridized carbons (Fsp3) is 0.326. The van der Waals surface area contributed by atoms with Crippen LogP contribution in [0.1, 0.15) is 113 Å². The Morgan fingerprint density at radius 3 is 1.92 bits per heavy atom. The zero-order valence-electron chi connectivity index (χ0n) is 29.3. The zero-order chi connectivity index (χ0) is 35.7. The van der Waals surface area contributed by atoms with Gasteiger partial charge in [-0.1, -0.05) is 87.0 Å². The van der Waals surface area contributed by atoms with Crippen LogP contribution < -0.4 is 0 Å². The third kappa shape index (κ3) is 8.17. The number of ether oxygens (including phenoxy) is 1. The lowest BCUT2D eigenvalue weighted by molar-refractivity contribution is 0.0263. The monoisotopic (exact) mass is 684 g/mol. The van der Waals surface area contributed by atoms with Crippen LogP contribution in [-0.4, -0.2) is 39.9 Å². The van der Waals surface area contributed by atoms with E-state index in [0.29, 0.717) is 41.6 Å². The minimum atomic E-state index is -0.927. The second-order valence-corrected chi connectivity index (χ2v) is 13.3. The van der Waals surface area contributed by atoms with E-state index in [9.17, 15) is 19.2 Å². The molecule has 1 atom stereocenters. The predicted octanol–water partition coefficient (Wildman–Crippen LogP) is 9.78. The minimum Gasteiger partial charge on any atom is -0.450 e. The number of oxime groups is 1. The first kappa shape index (κ1) is 35.5. The third-order valence-corrected chi connectivity index (χ3v) is 9.82. The van der Waals surface area contributed by atoms with Gasteiger partial charge in [0, 0.05) is 39.5 Å². The maximum atomic E-state index is 14.2. The molecule has 8 nitrogen and oxygen atoms in total. The Labute approximate surface area is 298 Å². The number of unbranched alkanes of at least 4 members (excludes halogenated alkanes) is 1. The molecule has 5 aromatic rings. The van der Waals surface area contributed by atoms with Crippen LogP contribution in [0.5, 0.6) is 0 Å². The topological polar surface area (TPSA) is 104 Å². The largest absolute Gasteiger partial charge is 0.450 e. The van der Waals surface area contributed by atoms with E-state index in [-0.39, 0.29) is 23.2 Å². The molecule has 0 amide bonds. The molecule has 0 spiro atoms. The van der Waals surface area contributed by atoms with Crippen molar-refractivity contribution in [2.45, 2.75) is 84.3 Å². The lowest BCUT2D eigenvalue weighted by Crippen LogP contribution is -2.27. The number of rotatable bonds is 14. The molecule has 1 aliphatic carbocycles. The Kier molecular flexibility index (Phi) is 11.5. The Bertz CT molecular complexity index is 2060. The fourth-order valence-corrected chi connectivity index (χ4v) is 7.06. The molecule has 4 aromatic carbocycles. The van der Waals surface area contributed by atoms with Crippen LogP contribution in [0.25, 0.3) is 21.8 Å². The molecule has 262 valence electrons. The van der Waals surface area contributed by atoms with Crippen molar-refractivity contribution in [3.8, 4) is 0 Å². The summed E-state index contributed by atoms with van der Waals surface area (Å²) in [4.78, 5) is 59.2. The summed E-state index contributed by atoms with van der Waals surface area (Å²) in [6.45, 7) is 4.76. The number of fused-ring (bicyclic) bond motifs is 3.